The average Bonchev–Trinajstić information content (AvgIpc) is 1.79. The summed E-state index contributed by atoms with van der Waals surface area (Å²) >= 11 is 0. The van der Waals surface area contributed by atoms with Gasteiger partial charge in [0.1, 0.15) is 9.84 Å². The fraction of sp³-hybridized carbons (Fsp3) is 1.00. The number of hydrogen-bond donors (Lipinski definition) is 2. The van der Waals surface area contributed by atoms with E-state index in [1.807, 2.05) is 6.92 Å². The number of rotatable bonds is 4. The summed E-state index contributed by atoms with van der Waals surface area (Å²) < 4.78 is 21.9. The van der Waals surface area contributed by atoms with Gasteiger partial charge in [-0.1, -0.05) is 0 Å². The quantitative estimate of drug-likeness (QED) is 0.650. The topological polar surface area (TPSA) is 72.2 Å². The molecule has 0 aromatic rings. The van der Waals surface area contributed by atoms with E-state index in [4.69, 9.17) is 5.73 Å². The zero-order valence-electron chi connectivity index (χ0n) is 8.16. The Balaban J connectivity index is 2.22. The van der Waals surface area contributed by atoms with E-state index in [2.05, 4.69) is 5.32 Å². The first-order valence-corrected chi connectivity index (χ1v) is 6.62. The Hall–Kier alpha value is -0.130. The summed E-state index contributed by atoms with van der Waals surface area (Å²) in [6.07, 6.45) is 3.19. The molecule has 1 rings (SSSR count). The van der Waals surface area contributed by atoms with Crippen molar-refractivity contribution >= 4 is 9.84 Å². The molecule has 1 saturated carbocycles. The molecular weight excluding hydrogens is 188 g/mol. The molecule has 0 spiro atoms. The number of nitrogens with two attached hydrogens (primary N) is 1. The minimum atomic E-state index is -2.86. The smallest absolute Gasteiger partial charge is 0.148 e. The van der Waals surface area contributed by atoms with Crippen LogP contribution in [0.2, 0.25) is 0 Å². The van der Waals surface area contributed by atoms with Crippen LogP contribution in [0.5, 0.6) is 0 Å². The number of nitrogens with one attached hydrogen (secondary N) is 1. The van der Waals surface area contributed by atoms with E-state index in [1.54, 1.807) is 0 Å². The van der Waals surface area contributed by atoms with Crippen molar-refractivity contribution in [1.82, 2.24) is 5.32 Å². The maximum Gasteiger partial charge on any atom is 0.148 e. The van der Waals surface area contributed by atoms with Gasteiger partial charge in [0.25, 0.3) is 0 Å². The van der Waals surface area contributed by atoms with Crippen LogP contribution < -0.4 is 11.1 Å². The first-order chi connectivity index (χ1) is 5.87. The van der Waals surface area contributed by atoms with Crippen LogP contribution in [0.25, 0.3) is 0 Å². The molecule has 1 unspecified atom stereocenters. The van der Waals surface area contributed by atoms with Gasteiger partial charge in [-0.25, -0.2) is 8.42 Å². The van der Waals surface area contributed by atoms with Gasteiger partial charge in [0.2, 0.25) is 0 Å². The summed E-state index contributed by atoms with van der Waals surface area (Å²) in [6.45, 7) is 1.89. The molecule has 1 atom stereocenters. The largest absolute Gasteiger partial charge is 0.328 e. The highest BCUT2D eigenvalue weighted by atomic mass is 32.2. The van der Waals surface area contributed by atoms with Crippen molar-refractivity contribution < 1.29 is 8.42 Å². The van der Waals surface area contributed by atoms with E-state index in [9.17, 15) is 8.42 Å². The predicted octanol–water partition coefficient (Wildman–Crippen LogP) is -0.501. The fourth-order valence-electron chi connectivity index (χ4n) is 1.70. The van der Waals surface area contributed by atoms with Crippen molar-refractivity contribution in [2.45, 2.75) is 37.9 Å². The van der Waals surface area contributed by atoms with E-state index < -0.39 is 9.84 Å². The van der Waals surface area contributed by atoms with Crippen LogP contribution in [0, 0.1) is 0 Å². The molecule has 4 nitrogen and oxygen atoms in total. The summed E-state index contributed by atoms with van der Waals surface area (Å²) in [4.78, 5) is 0. The highest BCUT2D eigenvalue weighted by Gasteiger charge is 2.27. The first kappa shape index (κ1) is 10.9. The monoisotopic (exact) mass is 206 g/mol. The molecule has 1 fully saturated rings. The van der Waals surface area contributed by atoms with Crippen molar-refractivity contribution in [3.63, 3.8) is 0 Å². The van der Waals surface area contributed by atoms with Crippen molar-refractivity contribution in [2.75, 3.05) is 12.0 Å². The minimum Gasteiger partial charge on any atom is -0.328 e. The lowest BCUT2D eigenvalue weighted by Crippen LogP contribution is -2.52. The lowest BCUT2D eigenvalue weighted by Gasteiger charge is -2.35. The summed E-state index contributed by atoms with van der Waals surface area (Å²) in [7, 11) is -2.86. The standard InChI is InChI=1S/C8H18N2O2S/c1-6(5-13(2,11)12)10-8-3-7(9)4-8/h6-8,10H,3-5,9H2,1-2H3. The Labute approximate surface area is 79.8 Å². The van der Waals surface area contributed by atoms with Gasteiger partial charge >= 0.3 is 0 Å². The fourth-order valence-corrected chi connectivity index (χ4v) is 2.71. The van der Waals surface area contributed by atoms with E-state index in [1.165, 1.54) is 6.26 Å². The second-order valence-corrected chi connectivity index (χ2v) is 6.27. The van der Waals surface area contributed by atoms with Crippen LogP contribution in [-0.4, -0.2) is 38.6 Å². The molecule has 0 bridgehead atoms. The van der Waals surface area contributed by atoms with Gasteiger partial charge in [0.15, 0.2) is 0 Å². The Bertz CT molecular complexity index is 257. The van der Waals surface area contributed by atoms with Crippen molar-refractivity contribution in [2.24, 2.45) is 5.73 Å². The molecule has 0 aliphatic heterocycles. The maximum atomic E-state index is 10.9. The molecule has 0 radical (unpaired) electrons. The predicted molar refractivity (Wildman–Crippen MR) is 53.3 cm³/mol. The molecule has 3 N–H and O–H groups in total. The Kier molecular flexibility index (Phi) is 3.32. The second kappa shape index (κ2) is 3.94. The van der Waals surface area contributed by atoms with Crippen molar-refractivity contribution in [3.8, 4) is 0 Å². The van der Waals surface area contributed by atoms with E-state index in [-0.39, 0.29) is 11.8 Å². The van der Waals surface area contributed by atoms with Gasteiger partial charge in [-0.2, -0.15) is 0 Å². The zero-order chi connectivity index (χ0) is 10.1. The molecule has 0 saturated heterocycles. The van der Waals surface area contributed by atoms with Crippen LogP contribution in [0.1, 0.15) is 19.8 Å². The van der Waals surface area contributed by atoms with Gasteiger partial charge in [0.05, 0.1) is 5.75 Å². The van der Waals surface area contributed by atoms with E-state index in [0.717, 1.165) is 12.8 Å². The second-order valence-electron chi connectivity index (χ2n) is 4.09. The minimum absolute atomic E-state index is 0.0347. The van der Waals surface area contributed by atoms with Crippen molar-refractivity contribution in [3.05, 3.63) is 0 Å². The van der Waals surface area contributed by atoms with Gasteiger partial charge in [0, 0.05) is 24.4 Å². The average molecular weight is 206 g/mol. The van der Waals surface area contributed by atoms with Crippen molar-refractivity contribution in [1.29, 1.82) is 0 Å². The summed E-state index contributed by atoms with van der Waals surface area (Å²) in [6, 6.07) is 0.766. The molecule has 0 aromatic carbocycles. The zero-order valence-corrected chi connectivity index (χ0v) is 8.97. The molecule has 0 heterocycles. The highest BCUT2D eigenvalue weighted by molar-refractivity contribution is 7.90. The normalized spacial score (nSPS) is 31.0. The first-order valence-electron chi connectivity index (χ1n) is 4.56. The Morgan fingerprint density at radius 2 is 2.08 bits per heavy atom. The van der Waals surface area contributed by atoms with Crippen LogP contribution in [0.3, 0.4) is 0 Å². The lowest BCUT2D eigenvalue weighted by atomic mass is 9.87. The highest BCUT2D eigenvalue weighted by Crippen LogP contribution is 2.17. The molecule has 0 amide bonds. The Morgan fingerprint density at radius 3 is 2.46 bits per heavy atom. The third-order valence-electron chi connectivity index (χ3n) is 2.25. The molecule has 1 aliphatic carbocycles. The molecular formula is C8H18N2O2S. The number of sulfone groups is 1. The van der Waals surface area contributed by atoms with Gasteiger partial charge in [-0.3, -0.25) is 0 Å². The van der Waals surface area contributed by atoms with Crippen LogP contribution in [0.4, 0.5) is 0 Å². The van der Waals surface area contributed by atoms with Crippen LogP contribution in [0.15, 0.2) is 0 Å². The molecule has 1 aliphatic rings. The van der Waals surface area contributed by atoms with Gasteiger partial charge < -0.3 is 11.1 Å². The van der Waals surface area contributed by atoms with Crippen LogP contribution in [-0.2, 0) is 9.84 Å². The molecule has 13 heavy (non-hydrogen) atoms. The lowest BCUT2D eigenvalue weighted by molar-refractivity contribution is 0.277. The third kappa shape index (κ3) is 4.06. The summed E-state index contributed by atoms with van der Waals surface area (Å²) in [5.41, 5.74) is 5.61. The van der Waals surface area contributed by atoms with Gasteiger partial charge in [-0.15, -0.1) is 0 Å². The summed E-state index contributed by atoms with van der Waals surface area (Å²) in [5, 5.41) is 3.24. The summed E-state index contributed by atoms with van der Waals surface area (Å²) in [5.74, 6) is 0.207. The van der Waals surface area contributed by atoms with E-state index >= 15 is 0 Å². The number of hydrogen-bond acceptors (Lipinski definition) is 4. The van der Waals surface area contributed by atoms with Gasteiger partial charge in [-0.05, 0) is 19.8 Å². The molecule has 0 aromatic heterocycles. The molecule has 78 valence electrons. The Morgan fingerprint density at radius 1 is 1.54 bits per heavy atom. The SMILES string of the molecule is CC(CS(C)(=O)=O)NC1CC(N)C1. The van der Waals surface area contributed by atoms with E-state index in [0.29, 0.717) is 12.1 Å². The van der Waals surface area contributed by atoms with Crippen LogP contribution >= 0.6 is 0 Å². The third-order valence-corrected chi connectivity index (χ3v) is 3.35. The maximum absolute atomic E-state index is 10.9. The molecule has 5 heteroatoms.